The number of pyridine rings is 1. The minimum Gasteiger partial charge on any atom is -0.476 e. The molecular formula is C16H15F3N2O3. The molecule has 8 heteroatoms. The van der Waals surface area contributed by atoms with Gasteiger partial charge in [-0.1, -0.05) is 0 Å². The van der Waals surface area contributed by atoms with Gasteiger partial charge in [0.1, 0.15) is 12.4 Å². The zero-order chi connectivity index (χ0) is 17.2. The Morgan fingerprint density at radius 2 is 2.21 bits per heavy atom. The average molecular weight is 340 g/mol. The van der Waals surface area contributed by atoms with Gasteiger partial charge in [-0.05, 0) is 24.6 Å². The largest absolute Gasteiger partial charge is 0.476 e. The molecule has 0 spiro atoms. The molecule has 1 aliphatic rings. The number of amides is 1. The van der Waals surface area contributed by atoms with Crippen molar-refractivity contribution in [3.8, 4) is 5.88 Å². The van der Waals surface area contributed by atoms with Crippen molar-refractivity contribution < 1.29 is 27.1 Å². The number of hydrogen-bond donors (Lipinski definition) is 1. The fraction of sp³-hybridized carbons (Fsp3) is 0.375. The van der Waals surface area contributed by atoms with Crippen LogP contribution in [0, 0.1) is 5.92 Å². The summed E-state index contributed by atoms with van der Waals surface area (Å²) in [6, 6.07) is 5.68. The molecule has 2 heterocycles. The molecule has 1 saturated carbocycles. The molecule has 3 rings (SSSR count). The lowest BCUT2D eigenvalue weighted by molar-refractivity contribution is -0.137. The molecule has 1 amide bonds. The predicted octanol–water partition coefficient (Wildman–Crippen LogP) is 2.99. The number of ether oxygens (including phenoxy) is 1. The third-order valence-electron chi connectivity index (χ3n) is 3.75. The van der Waals surface area contributed by atoms with Crippen molar-refractivity contribution >= 4 is 5.91 Å². The summed E-state index contributed by atoms with van der Waals surface area (Å²) in [7, 11) is 0. The van der Waals surface area contributed by atoms with E-state index in [4.69, 9.17) is 9.15 Å². The van der Waals surface area contributed by atoms with Gasteiger partial charge in [-0.25, -0.2) is 4.98 Å². The summed E-state index contributed by atoms with van der Waals surface area (Å²) in [5.41, 5.74) is -0.833. The molecule has 1 N–H and O–H groups in total. The van der Waals surface area contributed by atoms with E-state index in [9.17, 15) is 18.0 Å². The van der Waals surface area contributed by atoms with Gasteiger partial charge in [-0.2, -0.15) is 13.2 Å². The van der Waals surface area contributed by atoms with Gasteiger partial charge in [-0.3, -0.25) is 4.79 Å². The Morgan fingerprint density at radius 3 is 2.83 bits per heavy atom. The number of carbonyl (C=O) groups is 1. The maximum atomic E-state index is 12.4. The van der Waals surface area contributed by atoms with E-state index >= 15 is 0 Å². The molecule has 1 fully saturated rings. The highest BCUT2D eigenvalue weighted by atomic mass is 19.4. The van der Waals surface area contributed by atoms with Gasteiger partial charge >= 0.3 is 6.18 Å². The number of furan rings is 1. The van der Waals surface area contributed by atoms with E-state index in [1.807, 2.05) is 6.07 Å². The Hall–Kier alpha value is -2.51. The predicted molar refractivity (Wildman–Crippen MR) is 77.3 cm³/mol. The molecule has 0 saturated heterocycles. The molecule has 1 aliphatic carbocycles. The highest BCUT2D eigenvalue weighted by Crippen LogP contribution is 2.47. The molecule has 0 unspecified atom stereocenters. The van der Waals surface area contributed by atoms with Crippen molar-refractivity contribution in [3.63, 3.8) is 0 Å². The van der Waals surface area contributed by atoms with Crippen molar-refractivity contribution in [2.75, 3.05) is 13.2 Å². The zero-order valence-corrected chi connectivity index (χ0v) is 12.5. The average Bonchev–Trinajstić information content (AvgIpc) is 3.16. The van der Waals surface area contributed by atoms with Crippen LogP contribution in [0.15, 0.2) is 41.1 Å². The van der Waals surface area contributed by atoms with Crippen LogP contribution in [0.2, 0.25) is 0 Å². The fourth-order valence-electron chi connectivity index (χ4n) is 2.40. The first-order valence-corrected chi connectivity index (χ1v) is 7.42. The van der Waals surface area contributed by atoms with E-state index in [2.05, 4.69) is 10.3 Å². The molecule has 0 radical (unpaired) electrons. The van der Waals surface area contributed by atoms with Gasteiger partial charge < -0.3 is 14.5 Å². The van der Waals surface area contributed by atoms with Crippen LogP contribution in [0.5, 0.6) is 5.88 Å². The lowest BCUT2D eigenvalue weighted by atomic mass is 10.2. The summed E-state index contributed by atoms with van der Waals surface area (Å²) in [6.45, 7) is 0.380. The number of carbonyl (C=O) groups excluding carboxylic acids is 1. The number of hydrogen-bond acceptors (Lipinski definition) is 4. The van der Waals surface area contributed by atoms with Crippen LogP contribution in [0.25, 0.3) is 0 Å². The molecule has 2 atom stereocenters. The Balaban J connectivity index is 1.37. The van der Waals surface area contributed by atoms with Gasteiger partial charge in [-0.15, -0.1) is 0 Å². The van der Waals surface area contributed by atoms with Crippen molar-refractivity contribution in [2.45, 2.75) is 18.5 Å². The SMILES string of the molecule is O=C(NCCOc1ccc(C(F)(F)F)cn1)[C@@H]1C[C@@H]1c1ccco1. The van der Waals surface area contributed by atoms with E-state index in [1.54, 1.807) is 12.3 Å². The number of nitrogens with one attached hydrogen (secondary N) is 1. The molecule has 2 aromatic heterocycles. The normalized spacial score (nSPS) is 19.8. The molecule has 24 heavy (non-hydrogen) atoms. The Kier molecular flexibility index (Phi) is 4.46. The smallest absolute Gasteiger partial charge is 0.417 e. The quantitative estimate of drug-likeness (QED) is 0.821. The molecule has 0 aliphatic heterocycles. The molecule has 5 nitrogen and oxygen atoms in total. The Morgan fingerprint density at radius 1 is 1.38 bits per heavy atom. The molecule has 0 aromatic carbocycles. The lowest BCUT2D eigenvalue weighted by Gasteiger charge is -2.09. The van der Waals surface area contributed by atoms with E-state index in [0.29, 0.717) is 6.20 Å². The number of rotatable bonds is 6. The topological polar surface area (TPSA) is 64.4 Å². The first-order chi connectivity index (χ1) is 11.4. The minimum atomic E-state index is -4.42. The van der Waals surface area contributed by atoms with Gasteiger partial charge in [0, 0.05) is 24.1 Å². The van der Waals surface area contributed by atoms with Crippen LogP contribution in [-0.2, 0) is 11.0 Å². The molecule has 2 aromatic rings. The minimum absolute atomic E-state index is 0.0807. The first-order valence-electron chi connectivity index (χ1n) is 7.42. The second kappa shape index (κ2) is 6.54. The summed E-state index contributed by atoms with van der Waals surface area (Å²) in [6.07, 6.45) is -1.38. The number of alkyl halides is 3. The maximum Gasteiger partial charge on any atom is 0.417 e. The van der Waals surface area contributed by atoms with Crippen molar-refractivity contribution in [1.82, 2.24) is 10.3 Å². The van der Waals surface area contributed by atoms with Crippen LogP contribution in [0.4, 0.5) is 13.2 Å². The Bertz CT molecular complexity index is 684. The van der Waals surface area contributed by atoms with E-state index < -0.39 is 11.7 Å². The summed E-state index contributed by atoms with van der Waals surface area (Å²) in [5, 5.41) is 2.73. The second-order valence-electron chi connectivity index (χ2n) is 5.49. The van der Waals surface area contributed by atoms with Crippen LogP contribution < -0.4 is 10.1 Å². The van der Waals surface area contributed by atoms with E-state index in [1.165, 1.54) is 0 Å². The third-order valence-corrected chi connectivity index (χ3v) is 3.75. The first kappa shape index (κ1) is 16.4. The van der Waals surface area contributed by atoms with Crippen molar-refractivity contribution in [2.24, 2.45) is 5.92 Å². The summed E-state index contributed by atoms with van der Waals surface area (Å²) >= 11 is 0. The van der Waals surface area contributed by atoms with Crippen molar-refractivity contribution in [3.05, 3.63) is 48.0 Å². The molecule has 0 bridgehead atoms. The maximum absolute atomic E-state index is 12.4. The van der Waals surface area contributed by atoms with Crippen LogP contribution in [0.3, 0.4) is 0 Å². The van der Waals surface area contributed by atoms with E-state index in [-0.39, 0.29) is 36.8 Å². The van der Waals surface area contributed by atoms with Crippen molar-refractivity contribution in [1.29, 1.82) is 0 Å². The van der Waals surface area contributed by atoms with Crippen LogP contribution >= 0.6 is 0 Å². The Labute approximate surface area is 135 Å². The molecular weight excluding hydrogens is 325 g/mol. The van der Waals surface area contributed by atoms with Gasteiger partial charge in [0.15, 0.2) is 0 Å². The van der Waals surface area contributed by atoms with E-state index in [0.717, 1.165) is 24.3 Å². The van der Waals surface area contributed by atoms with Crippen LogP contribution in [-0.4, -0.2) is 24.0 Å². The fourth-order valence-corrected chi connectivity index (χ4v) is 2.40. The summed E-state index contributed by atoms with van der Waals surface area (Å²) in [5.74, 6) is 0.829. The highest BCUT2D eigenvalue weighted by Gasteiger charge is 2.45. The highest BCUT2D eigenvalue weighted by molar-refractivity contribution is 5.82. The second-order valence-corrected chi connectivity index (χ2v) is 5.49. The standard InChI is InChI=1S/C16H15F3N2O3/c17-16(18,19)10-3-4-14(21-9-10)24-7-5-20-15(22)12-8-11(12)13-2-1-6-23-13/h1-4,6,9,11-12H,5,7-8H2,(H,20,22)/t11-,12+/m0/s1. The number of nitrogens with zero attached hydrogens (tertiary/aromatic N) is 1. The summed E-state index contributed by atoms with van der Waals surface area (Å²) in [4.78, 5) is 15.5. The van der Waals surface area contributed by atoms with Gasteiger partial charge in [0.05, 0.1) is 18.4 Å². The number of aromatic nitrogens is 1. The van der Waals surface area contributed by atoms with Gasteiger partial charge in [0.2, 0.25) is 11.8 Å². The van der Waals surface area contributed by atoms with Crippen LogP contribution in [0.1, 0.15) is 23.7 Å². The lowest BCUT2D eigenvalue weighted by Crippen LogP contribution is -2.29. The zero-order valence-electron chi connectivity index (χ0n) is 12.5. The van der Waals surface area contributed by atoms with Gasteiger partial charge in [0.25, 0.3) is 0 Å². The summed E-state index contributed by atoms with van der Waals surface area (Å²) < 4.78 is 47.7. The monoisotopic (exact) mass is 340 g/mol. The molecule has 128 valence electrons. The number of halogens is 3. The third kappa shape index (κ3) is 3.87.